The summed E-state index contributed by atoms with van der Waals surface area (Å²) in [5.41, 5.74) is 5.98. The van der Waals surface area contributed by atoms with Crippen molar-refractivity contribution >= 4 is 40.8 Å². The van der Waals surface area contributed by atoms with Crippen LogP contribution in [0.4, 0.5) is 0 Å². The number of hydrogen-bond donors (Lipinski definition) is 3. The molecule has 0 fully saturated rings. The number of halogens is 1. The van der Waals surface area contributed by atoms with Gasteiger partial charge in [-0.25, -0.2) is 0 Å². The first-order chi connectivity index (χ1) is 13.2. The van der Waals surface area contributed by atoms with Crippen molar-refractivity contribution in [2.24, 2.45) is 4.99 Å². The first-order valence-corrected chi connectivity index (χ1v) is 9.64. The lowest BCUT2D eigenvalue weighted by Gasteiger charge is -2.12. The average Bonchev–Trinajstić information content (AvgIpc) is 3.28. The van der Waals surface area contributed by atoms with Crippen molar-refractivity contribution in [1.82, 2.24) is 20.8 Å². The third-order valence-electron chi connectivity index (χ3n) is 4.96. The highest BCUT2D eigenvalue weighted by atomic mass is 127. The summed E-state index contributed by atoms with van der Waals surface area (Å²) in [6, 6.07) is 6.41. The van der Waals surface area contributed by atoms with Gasteiger partial charge in [0.25, 0.3) is 0 Å². The minimum absolute atomic E-state index is 0. The predicted octanol–water partition coefficient (Wildman–Crippen LogP) is 4.11. The number of aromatic nitrogens is 2. The SMILES string of the molecule is CCc1noc(CC)c1CNC(=NC)NCCc1c[nH]c2c(C)cccc12.I. The van der Waals surface area contributed by atoms with E-state index in [1.54, 1.807) is 7.05 Å². The molecule has 0 atom stereocenters. The Labute approximate surface area is 183 Å². The van der Waals surface area contributed by atoms with Crippen LogP contribution in [0.2, 0.25) is 0 Å². The number of nitrogens with one attached hydrogen (secondary N) is 3. The lowest BCUT2D eigenvalue weighted by Crippen LogP contribution is -2.38. The molecule has 0 aliphatic carbocycles. The van der Waals surface area contributed by atoms with E-state index in [0.717, 1.165) is 48.8 Å². The number of fused-ring (bicyclic) bond motifs is 1. The van der Waals surface area contributed by atoms with E-state index in [1.165, 1.54) is 22.0 Å². The fourth-order valence-corrected chi connectivity index (χ4v) is 3.42. The molecule has 2 heterocycles. The van der Waals surface area contributed by atoms with Gasteiger partial charge in [-0.05, 0) is 30.9 Å². The van der Waals surface area contributed by atoms with Crippen molar-refractivity contribution in [3.8, 4) is 0 Å². The van der Waals surface area contributed by atoms with Crippen LogP contribution in [0.15, 0.2) is 33.9 Å². The summed E-state index contributed by atoms with van der Waals surface area (Å²) in [6.07, 6.45) is 4.74. The van der Waals surface area contributed by atoms with Crippen molar-refractivity contribution in [3.63, 3.8) is 0 Å². The number of H-pyrrole nitrogens is 1. The molecule has 7 heteroatoms. The minimum Gasteiger partial charge on any atom is -0.361 e. The van der Waals surface area contributed by atoms with Crippen molar-refractivity contribution in [1.29, 1.82) is 0 Å². The maximum absolute atomic E-state index is 5.43. The zero-order valence-electron chi connectivity index (χ0n) is 17.1. The molecule has 1 aromatic carbocycles. The number of benzene rings is 1. The van der Waals surface area contributed by atoms with Crippen LogP contribution in [0.5, 0.6) is 0 Å². The first kappa shape index (κ1) is 22.3. The van der Waals surface area contributed by atoms with Crippen LogP contribution in [-0.2, 0) is 25.8 Å². The Balaban J connectivity index is 0.00000280. The lowest BCUT2D eigenvalue weighted by molar-refractivity contribution is 0.380. The topological polar surface area (TPSA) is 78.2 Å². The molecular formula is C21H30IN5O. The lowest BCUT2D eigenvalue weighted by atomic mass is 10.1. The van der Waals surface area contributed by atoms with Gasteiger partial charge in [0, 0.05) is 49.2 Å². The van der Waals surface area contributed by atoms with Gasteiger partial charge in [-0.2, -0.15) is 0 Å². The molecule has 2 aromatic heterocycles. The van der Waals surface area contributed by atoms with Gasteiger partial charge in [0.15, 0.2) is 5.96 Å². The fraction of sp³-hybridized carbons (Fsp3) is 0.429. The summed E-state index contributed by atoms with van der Waals surface area (Å²) in [7, 11) is 1.79. The third kappa shape index (κ3) is 4.87. The van der Waals surface area contributed by atoms with Crippen LogP contribution >= 0.6 is 24.0 Å². The van der Waals surface area contributed by atoms with E-state index >= 15 is 0 Å². The van der Waals surface area contributed by atoms with Crippen molar-refractivity contribution in [2.75, 3.05) is 13.6 Å². The van der Waals surface area contributed by atoms with Crippen LogP contribution in [0.3, 0.4) is 0 Å². The van der Waals surface area contributed by atoms with Gasteiger partial charge in [-0.15, -0.1) is 24.0 Å². The molecule has 0 aliphatic rings. The minimum atomic E-state index is 0. The predicted molar refractivity (Wildman–Crippen MR) is 126 cm³/mol. The smallest absolute Gasteiger partial charge is 0.191 e. The van der Waals surface area contributed by atoms with Crippen LogP contribution < -0.4 is 10.6 Å². The average molecular weight is 495 g/mol. The Kier molecular flexibility index (Phi) is 8.35. The summed E-state index contributed by atoms with van der Waals surface area (Å²) in [5.74, 6) is 1.74. The molecule has 0 unspecified atom stereocenters. The molecule has 0 amide bonds. The molecule has 6 nitrogen and oxygen atoms in total. The van der Waals surface area contributed by atoms with Gasteiger partial charge < -0.3 is 20.1 Å². The second-order valence-corrected chi connectivity index (χ2v) is 6.65. The van der Waals surface area contributed by atoms with Gasteiger partial charge in [0.2, 0.25) is 0 Å². The number of para-hydroxylation sites is 1. The number of hydrogen-bond acceptors (Lipinski definition) is 3. The van der Waals surface area contributed by atoms with Gasteiger partial charge in [-0.1, -0.05) is 37.2 Å². The third-order valence-corrected chi connectivity index (χ3v) is 4.96. The Morgan fingerprint density at radius 3 is 2.75 bits per heavy atom. The molecular weight excluding hydrogens is 465 g/mol. The fourth-order valence-electron chi connectivity index (χ4n) is 3.42. The maximum Gasteiger partial charge on any atom is 0.191 e. The van der Waals surface area contributed by atoms with Crippen LogP contribution in [0.1, 0.15) is 42.0 Å². The van der Waals surface area contributed by atoms with E-state index in [1.807, 2.05) is 0 Å². The van der Waals surface area contributed by atoms with Gasteiger partial charge >= 0.3 is 0 Å². The van der Waals surface area contributed by atoms with E-state index in [0.29, 0.717) is 6.54 Å². The number of aromatic amines is 1. The van der Waals surface area contributed by atoms with E-state index < -0.39 is 0 Å². The summed E-state index contributed by atoms with van der Waals surface area (Å²) >= 11 is 0. The molecule has 28 heavy (non-hydrogen) atoms. The molecule has 3 N–H and O–H groups in total. The summed E-state index contributed by atoms with van der Waals surface area (Å²) in [6.45, 7) is 7.79. The first-order valence-electron chi connectivity index (χ1n) is 9.64. The number of rotatable bonds is 7. The molecule has 0 bridgehead atoms. The summed E-state index contributed by atoms with van der Waals surface area (Å²) < 4.78 is 5.43. The molecule has 0 aliphatic heterocycles. The molecule has 3 aromatic rings. The highest BCUT2D eigenvalue weighted by Gasteiger charge is 2.13. The van der Waals surface area contributed by atoms with Crippen LogP contribution in [0, 0.1) is 6.92 Å². The van der Waals surface area contributed by atoms with Crippen LogP contribution in [0.25, 0.3) is 10.9 Å². The van der Waals surface area contributed by atoms with E-state index in [2.05, 4.69) is 70.9 Å². The van der Waals surface area contributed by atoms with Crippen molar-refractivity contribution < 1.29 is 4.52 Å². The van der Waals surface area contributed by atoms with E-state index in [-0.39, 0.29) is 24.0 Å². The molecule has 152 valence electrons. The molecule has 3 rings (SSSR count). The number of aryl methyl sites for hydroxylation is 3. The van der Waals surface area contributed by atoms with Gasteiger partial charge in [0.05, 0.1) is 5.69 Å². The second kappa shape index (κ2) is 10.5. The molecule has 0 radical (unpaired) electrons. The Bertz CT molecular complexity index is 907. The summed E-state index contributed by atoms with van der Waals surface area (Å²) in [5, 5.41) is 12.2. The highest BCUT2D eigenvalue weighted by molar-refractivity contribution is 14.0. The number of aliphatic imine (C=N–C) groups is 1. The Morgan fingerprint density at radius 1 is 1.21 bits per heavy atom. The highest BCUT2D eigenvalue weighted by Crippen LogP contribution is 2.21. The molecule has 0 saturated carbocycles. The largest absolute Gasteiger partial charge is 0.361 e. The van der Waals surface area contributed by atoms with E-state index in [4.69, 9.17) is 4.52 Å². The Morgan fingerprint density at radius 2 is 2.04 bits per heavy atom. The Hall–Kier alpha value is -2.03. The van der Waals surface area contributed by atoms with Gasteiger partial charge in [0.1, 0.15) is 5.76 Å². The van der Waals surface area contributed by atoms with Gasteiger partial charge in [-0.3, -0.25) is 4.99 Å². The summed E-state index contributed by atoms with van der Waals surface area (Å²) in [4.78, 5) is 7.72. The quantitative estimate of drug-likeness (QED) is 0.262. The second-order valence-electron chi connectivity index (χ2n) is 6.65. The van der Waals surface area contributed by atoms with Crippen molar-refractivity contribution in [2.45, 2.75) is 46.6 Å². The van der Waals surface area contributed by atoms with E-state index in [9.17, 15) is 0 Å². The molecule has 0 spiro atoms. The zero-order chi connectivity index (χ0) is 19.2. The number of nitrogens with zero attached hydrogens (tertiary/aromatic N) is 2. The molecule has 0 saturated heterocycles. The number of guanidine groups is 1. The monoisotopic (exact) mass is 495 g/mol. The standard InChI is InChI=1S/C21H29N5O.HI/c1-5-18-17(19(6-2)27-26-18)13-25-21(22-4)23-11-10-15-12-24-20-14(3)8-7-9-16(15)20;/h7-9,12,24H,5-6,10-11,13H2,1-4H3,(H2,22,23,25);1H. The maximum atomic E-state index is 5.43. The normalized spacial score (nSPS) is 11.5. The van der Waals surface area contributed by atoms with Crippen molar-refractivity contribution in [3.05, 3.63) is 52.5 Å². The van der Waals surface area contributed by atoms with Crippen LogP contribution in [-0.4, -0.2) is 29.7 Å². The zero-order valence-corrected chi connectivity index (χ0v) is 19.4.